The Bertz CT molecular complexity index is 1090. The van der Waals surface area contributed by atoms with E-state index in [1.54, 1.807) is 26.4 Å². The molecule has 136 valence electrons. The molecular weight excluding hydrogens is 368 g/mol. The molecule has 0 unspecified atom stereocenters. The van der Waals surface area contributed by atoms with Gasteiger partial charge in [-0.25, -0.2) is 4.98 Å². The van der Waals surface area contributed by atoms with Crippen LogP contribution < -0.4 is 14.8 Å². The van der Waals surface area contributed by atoms with Crippen LogP contribution in [0.25, 0.3) is 22.4 Å². The van der Waals surface area contributed by atoms with Crippen LogP contribution in [0.15, 0.2) is 53.3 Å². The second-order valence-corrected chi connectivity index (χ2v) is 6.11. The van der Waals surface area contributed by atoms with Crippen molar-refractivity contribution in [3.05, 3.63) is 53.8 Å². The van der Waals surface area contributed by atoms with E-state index in [4.69, 9.17) is 25.6 Å². The Morgan fingerprint density at radius 2 is 1.78 bits per heavy atom. The standard InChI is InChI=1S/C19H15ClN4O3/c1-25-14-7-13(8-15(9-14)26-2)23-18-16-17(11-4-3-5-12(20)6-11)24-27-19(16)22-10-21-18/h3-10H,1-2H3,(H,21,22,23). The molecule has 0 atom stereocenters. The van der Waals surface area contributed by atoms with Crippen LogP contribution in [0.4, 0.5) is 11.5 Å². The number of hydrogen-bond donors (Lipinski definition) is 1. The number of benzene rings is 2. The predicted octanol–water partition coefficient (Wildman–Crippen LogP) is 4.70. The summed E-state index contributed by atoms with van der Waals surface area (Å²) in [5.41, 5.74) is 2.52. The second-order valence-electron chi connectivity index (χ2n) is 5.67. The molecule has 0 saturated carbocycles. The Labute approximate surface area is 159 Å². The summed E-state index contributed by atoms with van der Waals surface area (Å²) in [6.07, 6.45) is 1.41. The van der Waals surface area contributed by atoms with Crippen molar-refractivity contribution >= 4 is 34.2 Å². The number of hydrogen-bond acceptors (Lipinski definition) is 7. The summed E-state index contributed by atoms with van der Waals surface area (Å²) in [5, 5.41) is 8.67. The fourth-order valence-electron chi connectivity index (χ4n) is 2.73. The summed E-state index contributed by atoms with van der Waals surface area (Å²) < 4.78 is 16.0. The monoisotopic (exact) mass is 382 g/mol. The minimum atomic E-state index is 0.373. The molecule has 0 aliphatic rings. The Morgan fingerprint density at radius 3 is 2.48 bits per heavy atom. The fraction of sp³-hybridized carbons (Fsp3) is 0.105. The molecule has 7 nitrogen and oxygen atoms in total. The summed E-state index contributed by atoms with van der Waals surface area (Å²) in [4.78, 5) is 8.51. The minimum Gasteiger partial charge on any atom is -0.497 e. The third kappa shape index (κ3) is 3.37. The van der Waals surface area contributed by atoms with Gasteiger partial charge in [-0.15, -0.1) is 0 Å². The molecule has 4 rings (SSSR count). The highest BCUT2D eigenvalue weighted by Crippen LogP contribution is 2.35. The Hall–Kier alpha value is -3.32. The van der Waals surface area contributed by atoms with Crippen LogP contribution in [-0.2, 0) is 0 Å². The van der Waals surface area contributed by atoms with E-state index >= 15 is 0 Å². The molecule has 4 aromatic rings. The molecule has 2 heterocycles. The summed E-state index contributed by atoms with van der Waals surface area (Å²) in [6, 6.07) is 12.8. The molecule has 0 radical (unpaired) electrons. The van der Waals surface area contributed by atoms with Crippen LogP contribution in [0.5, 0.6) is 11.5 Å². The number of aromatic nitrogens is 3. The number of fused-ring (bicyclic) bond motifs is 1. The van der Waals surface area contributed by atoms with Gasteiger partial charge in [0.2, 0.25) is 0 Å². The smallest absolute Gasteiger partial charge is 0.263 e. The van der Waals surface area contributed by atoms with E-state index in [2.05, 4.69) is 20.4 Å². The normalized spacial score (nSPS) is 10.8. The average molecular weight is 383 g/mol. The Kier molecular flexibility index (Phi) is 4.52. The third-order valence-electron chi connectivity index (χ3n) is 3.98. The molecule has 2 aromatic heterocycles. The Balaban J connectivity index is 1.82. The maximum atomic E-state index is 6.12. The van der Waals surface area contributed by atoms with Gasteiger partial charge < -0.3 is 19.3 Å². The molecule has 0 spiro atoms. The van der Waals surface area contributed by atoms with Crippen molar-refractivity contribution in [1.82, 2.24) is 15.1 Å². The first-order valence-corrected chi connectivity index (χ1v) is 8.42. The van der Waals surface area contributed by atoms with Crippen LogP contribution in [0.3, 0.4) is 0 Å². The van der Waals surface area contributed by atoms with Gasteiger partial charge >= 0.3 is 0 Å². The van der Waals surface area contributed by atoms with E-state index in [1.165, 1.54) is 6.33 Å². The van der Waals surface area contributed by atoms with E-state index in [9.17, 15) is 0 Å². The van der Waals surface area contributed by atoms with Gasteiger partial charge in [0.1, 0.15) is 34.7 Å². The fourth-order valence-corrected chi connectivity index (χ4v) is 2.92. The number of halogens is 1. The number of nitrogens with one attached hydrogen (secondary N) is 1. The van der Waals surface area contributed by atoms with Crippen LogP contribution in [0, 0.1) is 0 Å². The van der Waals surface area contributed by atoms with Gasteiger partial charge in [-0.2, -0.15) is 4.98 Å². The van der Waals surface area contributed by atoms with Gasteiger partial charge in [-0.1, -0.05) is 28.9 Å². The van der Waals surface area contributed by atoms with Crippen LogP contribution >= 0.6 is 11.6 Å². The number of rotatable bonds is 5. The molecule has 0 aliphatic heterocycles. The number of anilines is 2. The first kappa shape index (κ1) is 17.1. The largest absolute Gasteiger partial charge is 0.497 e. The highest BCUT2D eigenvalue weighted by Gasteiger charge is 2.17. The second kappa shape index (κ2) is 7.13. The van der Waals surface area contributed by atoms with Crippen molar-refractivity contribution < 1.29 is 14.0 Å². The van der Waals surface area contributed by atoms with E-state index in [1.807, 2.05) is 30.3 Å². The summed E-state index contributed by atoms with van der Waals surface area (Å²) in [6.45, 7) is 0. The zero-order valence-electron chi connectivity index (χ0n) is 14.6. The molecular formula is C19H15ClN4O3. The third-order valence-corrected chi connectivity index (χ3v) is 4.22. The molecule has 0 amide bonds. The quantitative estimate of drug-likeness (QED) is 0.535. The lowest BCUT2D eigenvalue weighted by atomic mass is 10.1. The highest BCUT2D eigenvalue weighted by atomic mass is 35.5. The summed E-state index contributed by atoms with van der Waals surface area (Å²) in [5.74, 6) is 1.86. The lowest BCUT2D eigenvalue weighted by Crippen LogP contribution is -1.97. The zero-order valence-corrected chi connectivity index (χ0v) is 15.3. The zero-order chi connectivity index (χ0) is 18.8. The van der Waals surface area contributed by atoms with Gasteiger partial charge in [-0.05, 0) is 12.1 Å². The van der Waals surface area contributed by atoms with Crippen molar-refractivity contribution in [2.24, 2.45) is 0 Å². The number of nitrogens with zero attached hydrogens (tertiary/aromatic N) is 3. The van der Waals surface area contributed by atoms with Gasteiger partial charge in [0.05, 0.1) is 14.2 Å². The summed E-state index contributed by atoms with van der Waals surface area (Å²) >= 11 is 6.12. The van der Waals surface area contributed by atoms with Crippen molar-refractivity contribution in [2.75, 3.05) is 19.5 Å². The lowest BCUT2D eigenvalue weighted by Gasteiger charge is -2.11. The van der Waals surface area contributed by atoms with Crippen LogP contribution in [0.2, 0.25) is 5.02 Å². The van der Waals surface area contributed by atoms with Crippen molar-refractivity contribution in [1.29, 1.82) is 0 Å². The minimum absolute atomic E-state index is 0.373. The summed E-state index contributed by atoms with van der Waals surface area (Å²) in [7, 11) is 3.19. The molecule has 0 aliphatic carbocycles. The van der Waals surface area contributed by atoms with Gasteiger partial charge in [-0.3, -0.25) is 0 Å². The molecule has 0 bridgehead atoms. The maximum absolute atomic E-state index is 6.12. The molecule has 8 heteroatoms. The molecule has 0 saturated heterocycles. The van der Waals surface area contributed by atoms with Gasteiger partial charge in [0.25, 0.3) is 5.71 Å². The number of methoxy groups -OCH3 is 2. The van der Waals surface area contributed by atoms with E-state index in [0.717, 1.165) is 11.3 Å². The maximum Gasteiger partial charge on any atom is 0.263 e. The first-order chi connectivity index (χ1) is 13.2. The van der Waals surface area contributed by atoms with E-state index in [-0.39, 0.29) is 0 Å². The van der Waals surface area contributed by atoms with Crippen LogP contribution in [-0.4, -0.2) is 29.3 Å². The topological polar surface area (TPSA) is 82.3 Å². The molecule has 27 heavy (non-hydrogen) atoms. The highest BCUT2D eigenvalue weighted by molar-refractivity contribution is 6.30. The first-order valence-electron chi connectivity index (χ1n) is 8.04. The van der Waals surface area contributed by atoms with E-state index in [0.29, 0.717) is 39.1 Å². The molecule has 0 fully saturated rings. The van der Waals surface area contributed by atoms with Gasteiger partial charge in [0, 0.05) is 34.5 Å². The Morgan fingerprint density at radius 1 is 1.00 bits per heavy atom. The van der Waals surface area contributed by atoms with Crippen LogP contribution in [0.1, 0.15) is 0 Å². The average Bonchev–Trinajstić information content (AvgIpc) is 3.13. The lowest BCUT2D eigenvalue weighted by molar-refractivity contribution is 0.395. The van der Waals surface area contributed by atoms with Crippen molar-refractivity contribution in [3.63, 3.8) is 0 Å². The number of ether oxygens (including phenoxy) is 2. The van der Waals surface area contributed by atoms with Crippen molar-refractivity contribution in [3.8, 4) is 22.8 Å². The van der Waals surface area contributed by atoms with Gasteiger partial charge in [0.15, 0.2) is 0 Å². The van der Waals surface area contributed by atoms with E-state index < -0.39 is 0 Å². The SMILES string of the molecule is COc1cc(Nc2ncnc3onc(-c4cccc(Cl)c4)c23)cc(OC)c1. The molecule has 1 N–H and O–H groups in total. The molecule has 2 aromatic carbocycles. The van der Waals surface area contributed by atoms with Crippen molar-refractivity contribution in [2.45, 2.75) is 0 Å². The predicted molar refractivity (Wildman–Crippen MR) is 103 cm³/mol.